The Balaban J connectivity index is 1.76. The van der Waals surface area contributed by atoms with Crippen LogP contribution in [0.5, 0.6) is 0 Å². The van der Waals surface area contributed by atoms with Gasteiger partial charge in [-0.15, -0.1) is 0 Å². The van der Waals surface area contributed by atoms with E-state index in [1.165, 1.54) is 12.8 Å². The van der Waals surface area contributed by atoms with Gasteiger partial charge in [0.1, 0.15) is 5.76 Å². The van der Waals surface area contributed by atoms with Gasteiger partial charge in [-0.1, -0.05) is 12.2 Å². The van der Waals surface area contributed by atoms with Gasteiger partial charge in [0.15, 0.2) is 0 Å². The summed E-state index contributed by atoms with van der Waals surface area (Å²) in [6.45, 7) is 2.21. The lowest BCUT2D eigenvalue weighted by atomic mass is 10.1. The maximum Gasteiger partial charge on any atom is 0.105 e. The highest BCUT2D eigenvalue weighted by atomic mass is 16.3. The molecule has 0 fully saturated rings. The van der Waals surface area contributed by atoms with Crippen molar-refractivity contribution in [1.82, 2.24) is 5.32 Å². The molecule has 2 heteroatoms. The Labute approximate surface area is 85.0 Å². The largest absolute Gasteiger partial charge is 0.469 e. The number of nitrogens with one attached hydrogen (secondary N) is 1. The summed E-state index contributed by atoms with van der Waals surface area (Å²) in [6, 6.07) is 5.11. The number of hydrogen-bond acceptors (Lipinski definition) is 2. The Hall–Kier alpha value is -1.02. The Morgan fingerprint density at radius 2 is 2.29 bits per heavy atom. The minimum absolute atomic E-state index is 0.492. The van der Waals surface area contributed by atoms with E-state index in [9.17, 15) is 0 Å². The fraction of sp³-hybridized carbons (Fsp3) is 0.500. The molecule has 0 amide bonds. The normalized spacial score (nSPS) is 18.9. The molecule has 1 aliphatic carbocycles. The lowest BCUT2D eigenvalue weighted by molar-refractivity contribution is 0.419. The molecule has 1 aliphatic rings. The van der Waals surface area contributed by atoms with Gasteiger partial charge >= 0.3 is 0 Å². The summed E-state index contributed by atoms with van der Waals surface area (Å²) in [4.78, 5) is 0. The second kappa shape index (κ2) is 4.47. The molecule has 0 bridgehead atoms. The molecular formula is C12H17NO. The van der Waals surface area contributed by atoms with Gasteiger partial charge in [0.25, 0.3) is 0 Å². The topological polar surface area (TPSA) is 25.2 Å². The Morgan fingerprint density at radius 1 is 1.50 bits per heavy atom. The van der Waals surface area contributed by atoms with Crippen LogP contribution in [0.3, 0.4) is 0 Å². The van der Waals surface area contributed by atoms with Gasteiger partial charge in [-0.05, 0) is 31.9 Å². The maximum absolute atomic E-state index is 5.31. The molecule has 1 unspecified atom stereocenters. The molecule has 1 heterocycles. The second-order valence-electron chi connectivity index (χ2n) is 3.99. The quantitative estimate of drug-likeness (QED) is 0.740. The molecule has 2 rings (SSSR count). The highest BCUT2D eigenvalue weighted by Crippen LogP contribution is 2.11. The van der Waals surface area contributed by atoms with Crippen molar-refractivity contribution in [3.05, 3.63) is 36.3 Å². The molecular weight excluding hydrogens is 174 g/mol. The number of furan rings is 1. The zero-order valence-corrected chi connectivity index (χ0v) is 8.57. The predicted octanol–water partition coefficient (Wildman–Crippen LogP) is 2.52. The SMILES string of the molecule is CC(Cc1ccco1)NC1CC=CC1. The fourth-order valence-corrected chi connectivity index (χ4v) is 1.95. The molecule has 14 heavy (non-hydrogen) atoms. The standard InChI is InChI=1S/C12H17NO/c1-10(9-12-7-4-8-14-12)13-11-5-2-3-6-11/h2-4,7-8,10-11,13H,5-6,9H2,1H3. The lowest BCUT2D eigenvalue weighted by Crippen LogP contribution is -2.36. The first kappa shape index (κ1) is 9.53. The molecule has 0 saturated heterocycles. The van der Waals surface area contributed by atoms with E-state index in [2.05, 4.69) is 24.4 Å². The molecule has 0 radical (unpaired) electrons. The van der Waals surface area contributed by atoms with Crippen LogP contribution in [0.1, 0.15) is 25.5 Å². The monoisotopic (exact) mass is 191 g/mol. The third-order valence-electron chi connectivity index (χ3n) is 2.62. The van der Waals surface area contributed by atoms with Gasteiger partial charge in [-0.3, -0.25) is 0 Å². The van der Waals surface area contributed by atoms with E-state index >= 15 is 0 Å². The van der Waals surface area contributed by atoms with Crippen LogP contribution < -0.4 is 5.32 Å². The van der Waals surface area contributed by atoms with Crippen molar-refractivity contribution in [2.75, 3.05) is 0 Å². The van der Waals surface area contributed by atoms with E-state index < -0.39 is 0 Å². The summed E-state index contributed by atoms with van der Waals surface area (Å²) >= 11 is 0. The molecule has 1 atom stereocenters. The molecule has 0 aliphatic heterocycles. The molecule has 76 valence electrons. The molecule has 1 aromatic heterocycles. The van der Waals surface area contributed by atoms with Crippen LogP contribution in [0.25, 0.3) is 0 Å². The zero-order chi connectivity index (χ0) is 9.80. The summed E-state index contributed by atoms with van der Waals surface area (Å²) in [5.41, 5.74) is 0. The maximum atomic E-state index is 5.31. The first-order valence-electron chi connectivity index (χ1n) is 5.28. The van der Waals surface area contributed by atoms with Crippen molar-refractivity contribution in [1.29, 1.82) is 0 Å². The summed E-state index contributed by atoms with van der Waals surface area (Å²) in [7, 11) is 0. The highest BCUT2D eigenvalue weighted by molar-refractivity contribution is 5.02. The van der Waals surface area contributed by atoms with Gasteiger partial charge < -0.3 is 9.73 Å². The Kier molecular flexibility index (Phi) is 3.04. The van der Waals surface area contributed by atoms with Crippen molar-refractivity contribution < 1.29 is 4.42 Å². The highest BCUT2D eigenvalue weighted by Gasteiger charge is 2.13. The molecule has 0 aromatic carbocycles. The van der Waals surface area contributed by atoms with Crippen LogP contribution in [0.4, 0.5) is 0 Å². The van der Waals surface area contributed by atoms with Crippen LogP contribution in [-0.4, -0.2) is 12.1 Å². The van der Waals surface area contributed by atoms with Gasteiger partial charge in [-0.25, -0.2) is 0 Å². The van der Waals surface area contributed by atoms with Crippen molar-refractivity contribution in [3.8, 4) is 0 Å². The fourth-order valence-electron chi connectivity index (χ4n) is 1.95. The molecule has 0 saturated carbocycles. The lowest BCUT2D eigenvalue weighted by Gasteiger charge is -2.18. The first-order chi connectivity index (χ1) is 6.84. The average Bonchev–Trinajstić information content (AvgIpc) is 2.76. The molecule has 1 N–H and O–H groups in total. The van der Waals surface area contributed by atoms with E-state index in [1.54, 1.807) is 6.26 Å². The average molecular weight is 191 g/mol. The van der Waals surface area contributed by atoms with Crippen molar-refractivity contribution >= 4 is 0 Å². The van der Waals surface area contributed by atoms with E-state index in [0.29, 0.717) is 12.1 Å². The molecule has 0 spiro atoms. The smallest absolute Gasteiger partial charge is 0.105 e. The third-order valence-corrected chi connectivity index (χ3v) is 2.62. The van der Waals surface area contributed by atoms with E-state index in [0.717, 1.165) is 12.2 Å². The Bertz CT molecular complexity index is 281. The van der Waals surface area contributed by atoms with E-state index in [-0.39, 0.29) is 0 Å². The minimum Gasteiger partial charge on any atom is -0.469 e. The number of rotatable bonds is 4. The zero-order valence-electron chi connectivity index (χ0n) is 8.57. The van der Waals surface area contributed by atoms with Crippen LogP contribution in [0, 0.1) is 0 Å². The van der Waals surface area contributed by atoms with Gasteiger partial charge in [0.2, 0.25) is 0 Å². The van der Waals surface area contributed by atoms with Gasteiger partial charge in [-0.2, -0.15) is 0 Å². The minimum atomic E-state index is 0.492. The Morgan fingerprint density at radius 3 is 2.93 bits per heavy atom. The molecule has 2 nitrogen and oxygen atoms in total. The van der Waals surface area contributed by atoms with E-state index in [1.807, 2.05) is 12.1 Å². The second-order valence-corrected chi connectivity index (χ2v) is 3.99. The summed E-state index contributed by atoms with van der Waals surface area (Å²) in [5.74, 6) is 1.07. The van der Waals surface area contributed by atoms with E-state index in [4.69, 9.17) is 4.42 Å². The van der Waals surface area contributed by atoms with Crippen LogP contribution in [-0.2, 0) is 6.42 Å². The number of hydrogen-bond donors (Lipinski definition) is 1. The van der Waals surface area contributed by atoms with Crippen molar-refractivity contribution in [2.24, 2.45) is 0 Å². The van der Waals surface area contributed by atoms with Gasteiger partial charge in [0.05, 0.1) is 6.26 Å². The molecule has 1 aromatic rings. The summed E-state index contributed by atoms with van der Waals surface area (Å²) in [6.07, 6.45) is 9.54. The third kappa shape index (κ3) is 2.48. The summed E-state index contributed by atoms with van der Waals surface area (Å²) < 4.78 is 5.31. The van der Waals surface area contributed by atoms with Crippen LogP contribution in [0.15, 0.2) is 35.0 Å². The first-order valence-corrected chi connectivity index (χ1v) is 5.28. The van der Waals surface area contributed by atoms with Crippen molar-refractivity contribution in [3.63, 3.8) is 0 Å². The summed E-state index contributed by atoms with van der Waals surface area (Å²) in [5, 5.41) is 3.59. The predicted molar refractivity (Wildman–Crippen MR) is 57.2 cm³/mol. The van der Waals surface area contributed by atoms with Crippen LogP contribution >= 0.6 is 0 Å². The van der Waals surface area contributed by atoms with Crippen LogP contribution in [0.2, 0.25) is 0 Å². The van der Waals surface area contributed by atoms with Crippen molar-refractivity contribution in [2.45, 2.75) is 38.3 Å². The van der Waals surface area contributed by atoms with Gasteiger partial charge in [0, 0.05) is 18.5 Å².